The molecule has 9 nitrogen and oxygen atoms in total. The summed E-state index contributed by atoms with van der Waals surface area (Å²) in [6, 6.07) is 72.9. The van der Waals surface area contributed by atoms with E-state index in [0.29, 0.717) is 44.6 Å². The normalized spacial score (nSPS) is 13.5. The fraction of sp³-hybridized carbons (Fsp3) is 0.151. The first kappa shape index (κ1) is 59.3. The molecule has 2 aliphatic carbocycles. The van der Waals surface area contributed by atoms with Gasteiger partial charge in [0.15, 0.2) is 29.1 Å². The predicted molar refractivity (Wildman–Crippen MR) is 355 cm³/mol. The minimum Gasteiger partial charge on any atom is -0.423 e. The monoisotopic (exact) mass is 1190 g/mol. The van der Waals surface area contributed by atoms with Crippen LogP contribution in [0.4, 0.5) is 0 Å². The van der Waals surface area contributed by atoms with Crippen molar-refractivity contribution >= 4 is 68.9 Å². The van der Waals surface area contributed by atoms with Crippen LogP contribution >= 0.6 is 34.8 Å². The van der Waals surface area contributed by atoms with Gasteiger partial charge >= 0.3 is 7.12 Å². The maximum Gasteiger partial charge on any atom is 0.489 e. The Morgan fingerprint density at radius 2 is 0.744 bits per heavy atom. The maximum atomic E-state index is 9.13. The molecule has 13 heteroatoms. The van der Waals surface area contributed by atoms with Crippen molar-refractivity contribution in [3.8, 4) is 79.2 Å². The minimum absolute atomic E-state index is 0. The Kier molecular flexibility index (Phi) is 17.4. The Balaban J connectivity index is 0.000000139. The van der Waals surface area contributed by atoms with E-state index in [4.69, 9.17) is 64.5 Å². The van der Waals surface area contributed by atoms with Gasteiger partial charge in [-0.3, -0.25) is 0 Å². The summed E-state index contributed by atoms with van der Waals surface area (Å²) in [6.07, 6.45) is 2.56. The highest BCUT2D eigenvalue weighted by molar-refractivity contribution is 6.62. The van der Waals surface area contributed by atoms with E-state index < -0.39 is 7.12 Å². The van der Waals surface area contributed by atoms with Gasteiger partial charge in [0.2, 0.25) is 5.28 Å². The lowest BCUT2D eigenvalue weighted by molar-refractivity contribution is 0.198. The lowest BCUT2D eigenvalue weighted by atomic mass is 9.77. The van der Waals surface area contributed by atoms with E-state index in [1.54, 1.807) is 12.1 Å². The molecular weight excluding hydrogens is 1130 g/mol. The van der Waals surface area contributed by atoms with Gasteiger partial charge in [0, 0.05) is 67.3 Å². The lowest BCUT2D eigenvalue weighted by Crippen LogP contribution is -2.30. The maximum absolute atomic E-state index is 9.13. The highest BCUT2D eigenvalue weighted by Crippen LogP contribution is 2.51. The van der Waals surface area contributed by atoms with E-state index in [9.17, 15) is 0 Å². The van der Waals surface area contributed by atoms with E-state index >= 15 is 0 Å². The molecule has 3 aliphatic rings. The zero-order valence-corrected chi connectivity index (χ0v) is 49.6. The molecular formula is C73H62BCl3N6O3. The summed E-state index contributed by atoms with van der Waals surface area (Å²) in [5.74, 6) is 3.09. The summed E-state index contributed by atoms with van der Waals surface area (Å²) < 4.78 is 4.94. The molecule has 0 radical (unpaired) electrons. The minimum atomic E-state index is -1.46. The van der Waals surface area contributed by atoms with E-state index in [-0.39, 0.29) is 23.5 Å². The number of halogens is 3. The summed E-state index contributed by atoms with van der Waals surface area (Å²) >= 11 is 18.7. The van der Waals surface area contributed by atoms with E-state index in [1.807, 2.05) is 115 Å². The summed E-state index contributed by atoms with van der Waals surface area (Å²) in [7, 11) is -1.46. The Bertz CT molecular complexity index is 4440. The Morgan fingerprint density at radius 3 is 1.23 bits per heavy atom. The summed E-state index contributed by atoms with van der Waals surface area (Å²) in [4.78, 5) is 28.3. The summed E-state index contributed by atoms with van der Waals surface area (Å²) in [6.45, 7) is 11.1. The van der Waals surface area contributed by atoms with Gasteiger partial charge in [0.25, 0.3) is 0 Å². The fourth-order valence-corrected chi connectivity index (χ4v) is 12.3. The van der Waals surface area contributed by atoms with Gasteiger partial charge in [-0.1, -0.05) is 246 Å². The smallest absolute Gasteiger partial charge is 0.423 e. The van der Waals surface area contributed by atoms with Gasteiger partial charge in [0.05, 0.1) is 0 Å². The first-order chi connectivity index (χ1) is 41.2. The number of hydrogen-bond acceptors (Lipinski definition) is 9. The number of benzene rings is 10. The number of rotatable bonds is 6. The molecule has 1 saturated heterocycles. The molecule has 0 saturated carbocycles. The fourth-order valence-electron chi connectivity index (χ4n) is 11.7. The highest BCUT2D eigenvalue weighted by atomic mass is 35.5. The van der Waals surface area contributed by atoms with Crippen molar-refractivity contribution in [3.05, 3.63) is 256 Å². The molecule has 0 spiro atoms. The molecule has 2 aromatic heterocycles. The molecule has 10 aromatic carbocycles. The molecule has 12 aromatic rings. The third-order valence-corrected chi connectivity index (χ3v) is 16.9. The van der Waals surface area contributed by atoms with Crippen LogP contribution in [-0.2, 0) is 15.6 Å². The van der Waals surface area contributed by atoms with Crippen molar-refractivity contribution in [1.82, 2.24) is 29.9 Å². The zero-order valence-electron chi connectivity index (χ0n) is 47.3. The summed E-state index contributed by atoms with van der Waals surface area (Å²) in [5.41, 5.74) is 15.5. The van der Waals surface area contributed by atoms with Crippen LogP contribution in [0.15, 0.2) is 218 Å². The topological polar surface area (TPSA) is 127 Å². The number of aromatic nitrogens is 6. The number of nitrogens with zero attached hydrogens (tertiary/aromatic N) is 6. The van der Waals surface area contributed by atoms with Gasteiger partial charge in [-0.2, -0.15) is 9.97 Å². The average Bonchev–Trinajstić information content (AvgIpc) is 1.76. The van der Waals surface area contributed by atoms with Crippen molar-refractivity contribution in [2.75, 3.05) is 13.2 Å². The zero-order chi connectivity index (χ0) is 58.8. The van der Waals surface area contributed by atoms with Crippen molar-refractivity contribution in [2.24, 2.45) is 0 Å². The third-order valence-electron chi connectivity index (χ3n) is 16.1. The molecule has 86 heavy (non-hydrogen) atoms. The summed E-state index contributed by atoms with van der Waals surface area (Å²) in [5, 5.41) is 23.4. The standard InChI is InChI=1S/C34H24ClN3.C24H18ClN3.C10H8BClO2.C4H8O.CH4/c1-34(2)28-15-9-8-13-24(28)27-20-22(16-18-29(27)34)32-36-31(21-10-4-3-5-11-21)37-33(38-32)26-17-19-30(35)25-14-7-6-12-23(25)26;1-24(2)19-11-7-6-10-17(19)18-14-16(12-13-20(18)24)22-26-21(27-23(25)28-22)15-8-4-3-5-9-15;12-10-6-5-9(11(13)14)7-3-1-2-4-8(7)10;1-2-4-5-3-1;/h3-20H,1-2H3;3-14H,1-2H3;1-6,13-14H;1-4H2;1H4. The SMILES string of the molecule is C.C1CCOC1.CC1(C)c2ccccc2-c2cc(-c3nc(-c4ccccc4)nc(-c4ccc(Cl)c5ccccc45)n3)ccc21.CC1(C)c2ccccc2-c2cc(-c3nc(Cl)nc(-c4ccccc4)n3)ccc21.OB(O)c1ccc(Cl)c2ccccc12. The quantitative estimate of drug-likeness (QED) is 0.156. The first-order valence-electron chi connectivity index (χ1n) is 28.3. The molecule has 0 atom stereocenters. The molecule has 0 amide bonds. The molecule has 3 heterocycles. The van der Waals surface area contributed by atoms with Crippen molar-refractivity contribution < 1.29 is 14.8 Å². The largest absolute Gasteiger partial charge is 0.489 e. The number of hydrogen-bond donors (Lipinski definition) is 2. The Labute approximate surface area is 517 Å². The Morgan fingerprint density at radius 1 is 0.360 bits per heavy atom. The van der Waals surface area contributed by atoms with Crippen LogP contribution in [0.3, 0.4) is 0 Å². The average molecular weight is 1190 g/mol. The van der Waals surface area contributed by atoms with Crippen LogP contribution in [0.25, 0.3) is 101 Å². The van der Waals surface area contributed by atoms with E-state index in [0.717, 1.165) is 62.6 Å². The van der Waals surface area contributed by atoms with Gasteiger partial charge < -0.3 is 14.8 Å². The molecule has 1 aliphatic heterocycles. The highest BCUT2D eigenvalue weighted by Gasteiger charge is 2.37. The van der Waals surface area contributed by atoms with Crippen molar-refractivity contribution in [2.45, 2.75) is 58.8 Å². The van der Waals surface area contributed by atoms with Crippen LogP contribution in [0.5, 0.6) is 0 Å². The second-order valence-electron chi connectivity index (χ2n) is 22.2. The van der Waals surface area contributed by atoms with Crippen LogP contribution in [-0.4, -0.2) is 60.3 Å². The second kappa shape index (κ2) is 25.3. The van der Waals surface area contributed by atoms with Crippen LogP contribution < -0.4 is 5.46 Å². The first-order valence-corrected chi connectivity index (χ1v) is 29.4. The number of fused-ring (bicyclic) bond motifs is 8. The Hall–Kier alpha value is -8.45. The molecule has 426 valence electrons. The van der Waals surface area contributed by atoms with Crippen molar-refractivity contribution in [1.29, 1.82) is 0 Å². The van der Waals surface area contributed by atoms with Gasteiger partial charge in [-0.25, -0.2) is 19.9 Å². The molecule has 1 fully saturated rings. The van der Waals surface area contributed by atoms with Crippen molar-refractivity contribution in [3.63, 3.8) is 0 Å². The van der Waals surface area contributed by atoms with Gasteiger partial charge in [-0.15, -0.1) is 0 Å². The molecule has 0 unspecified atom stereocenters. The molecule has 2 N–H and O–H groups in total. The molecule has 0 bridgehead atoms. The van der Waals surface area contributed by atoms with Gasteiger partial charge in [-0.05, 0) is 121 Å². The molecule has 15 rings (SSSR count). The van der Waals surface area contributed by atoms with Gasteiger partial charge in [0.1, 0.15) is 0 Å². The number of ether oxygens (including phenoxy) is 1. The second-order valence-corrected chi connectivity index (χ2v) is 23.3. The van der Waals surface area contributed by atoms with Crippen LogP contribution in [0.2, 0.25) is 15.3 Å². The third kappa shape index (κ3) is 11.8. The lowest BCUT2D eigenvalue weighted by Gasteiger charge is -2.21. The van der Waals surface area contributed by atoms with Crippen LogP contribution in [0, 0.1) is 0 Å². The van der Waals surface area contributed by atoms with E-state index in [1.165, 1.54) is 57.3 Å². The van der Waals surface area contributed by atoms with Crippen LogP contribution in [0.1, 0.15) is 70.2 Å². The van der Waals surface area contributed by atoms with E-state index in [2.05, 4.69) is 134 Å². The predicted octanol–water partition coefficient (Wildman–Crippen LogP) is 17.8.